The van der Waals surface area contributed by atoms with E-state index in [4.69, 9.17) is 5.73 Å². The molecule has 0 unspecified atom stereocenters. The molecule has 102 valence electrons. The van der Waals surface area contributed by atoms with Crippen LogP contribution in [0.25, 0.3) is 0 Å². The molecule has 0 aromatic carbocycles. The van der Waals surface area contributed by atoms with E-state index >= 15 is 0 Å². The number of hydrogen-bond donors (Lipinski definition) is 1. The number of thiophene rings is 1. The molecule has 2 heterocycles. The lowest BCUT2D eigenvalue weighted by atomic mass is 10.3. The van der Waals surface area contributed by atoms with Crippen molar-refractivity contribution in [3.05, 3.63) is 49.5 Å². The number of anilines is 1. The average Bonchev–Trinajstić information content (AvgIpc) is 2.76. The van der Waals surface area contributed by atoms with Crippen molar-refractivity contribution in [3.8, 4) is 0 Å². The molecule has 0 spiro atoms. The van der Waals surface area contributed by atoms with Gasteiger partial charge in [-0.3, -0.25) is 4.79 Å². The van der Waals surface area contributed by atoms with E-state index in [1.165, 1.54) is 11.6 Å². The van der Waals surface area contributed by atoms with Crippen LogP contribution in [0.3, 0.4) is 0 Å². The summed E-state index contributed by atoms with van der Waals surface area (Å²) < 4.78 is 2.79. The van der Waals surface area contributed by atoms with Crippen molar-refractivity contribution < 1.29 is 0 Å². The maximum absolute atomic E-state index is 11.6. The minimum atomic E-state index is -0.0131. The molecular weight excluding hydrogens is 326 g/mol. The molecule has 2 N–H and O–H groups in total. The first-order valence-electron chi connectivity index (χ1n) is 5.92. The van der Waals surface area contributed by atoms with Crippen LogP contribution in [0.1, 0.15) is 5.56 Å². The topological polar surface area (TPSA) is 51.3 Å². The van der Waals surface area contributed by atoms with Crippen LogP contribution in [-0.2, 0) is 13.1 Å². The molecule has 0 saturated carbocycles. The van der Waals surface area contributed by atoms with Gasteiger partial charge in [0.1, 0.15) is 0 Å². The number of likely N-dealkylation sites (N-methyl/N-ethyl adjacent to an activating group) is 1. The first-order valence-corrected chi connectivity index (χ1v) is 7.59. The Balaban J connectivity index is 1.91. The summed E-state index contributed by atoms with van der Waals surface area (Å²) in [6.07, 6.45) is 1.69. The van der Waals surface area contributed by atoms with Crippen LogP contribution in [0, 0.1) is 0 Å². The Morgan fingerprint density at radius 2 is 2.26 bits per heavy atom. The highest BCUT2D eigenvalue weighted by Crippen LogP contribution is 2.21. The van der Waals surface area contributed by atoms with Crippen LogP contribution in [0.2, 0.25) is 0 Å². The van der Waals surface area contributed by atoms with Crippen LogP contribution < -0.4 is 11.3 Å². The van der Waals surface area contributed by atoms with Gasteiger partial charge in [-0.1, -0.05) is 0 Å². The second kappa shape index (κ2) is 6.36. The number of nitrogens with two attached hydrogens (primary N) is 1. The maximum Gasteiger partial charge on any atom is 0.250 e. The molecule has 4 nitrogen and oxygen atoms in total. The van der Waals surface area contributed by atoms with Gasteiger partial charge in [-0.15, -0.1) is 11.3 Å². The van der Waals surface area contributed by atoms with Gasteiger partial charge >= 0.3 is 0 Å². The third-order valence-corrected chi connectivity index (χ3v) is 4.36. The van der Waals surface area contributed by atoms with Crippen molar-refractivity contribution in [1.82, 2.24) is 9.47 Å². The fourth-order valence-corrected chi connectivity index (χ4v) is 3.02. The van der Waals surface area contributed by atoms with Crippen molar-refractivity contribution in [2.45, 2.75) is 13.1 Å². The van der Waals surface area contributed by atoms with Gasteiger partial charge in [-0.05, 0) is 46.1 Å². The number of nitrogen functional groups attached to an aromatic ring is 1. The summed E-state index contributed by atoms with van der Waals surface area (Å²) in [4.78, 5) is 13.8. The Labute approximate surface area is 124 Å². The van der Waals surface area contributed by atoms with Crippen LogP contribution in [0.5, 0.6) is 0 Å². The molecule has 0 aliphatic heterocycles. The van der Waals surface area contributed by atoms with Crippen LogP contribution >= 0.6 is 27.3 Å². The van der Waals surface area contributed by atoms with E-state index < -0.39 is 0 Å². The van der Waals surface area contributed by atoms with Gasteiger partial charge in [0.15, 0.2) is 0 Å². The smallest absolute Gasteiger partial charge is 0.250 e. The van der Waals surface area contributed by atoms with Crippen LogP contribution in [-0.4, -0.2) is 23.1 Å². The summed E-state index contributed by atoms with van der Waals surface area (Å²) in [5.74, 6) is 0. The zero-order chi connectivity index (χ0) is 13.8. The summed E-state index contributed by atoms with van der Waals surface area (Å²) in [6, 6.07) is 5.25. The molecule has 2 aromatic rings. The lowest BCUT2D eigenvalue weighted by Crippen LogP contribution is -2.27. The first kappa shape index (κ1) is 14.3. The lowest BCUT2D eigenvalue weighted by molar-refractivity contribution is 0.310. The minimum Gasteiger partial charge on any atom is -0.398 e. The highest BCUT2D eigenvalue weighted by Gasteiger charge is 2.04. The Morgan fingerprint density at radius 3 is 2.95 bits per heavy atom. The van der Waals surface area contributed by atoms with E-state index in [1.807, 2.05) is 7.05 Å². The van der Waals surface area contributed by atoms with E-state index in [-0.39, 0.29) is 5.56 Å². The molecule has 0 amide bonds. The number of halogens is 1. The second-order valence-electron chi connectivity index (χ2n) is 4.49. The van der Waals surface area contributed by atoms with Crippen molar-refractivity contribution in [2.75, 3.05) is 19.3 Å². The third kappa shape index (κ3) is 4.19. The monoisotopic (exact) mass is 341 g/mol. The van der Waals surface area contributed by atoms with Crippen molar-refractivity contribution in [1.29, 1.82) is 0 Å². The SMILES string of the molecule is CN(CCn1cc(N)ccc1=O)Cc1csc(Br)c1. The molecule has 2 rings (SSSR count). The zero-order valence-corrected chi connectivity index (χ0v) is 13.1. The molecule has 2 aromatic heterocycles. The predicted octanol–water partition coefficient (Wildman–Crippen LogP) is 2.39. The van der Waals surface area contributed by atoms with E-state index in [2.05, 4.69) is 32.3 Å². The predicted molar refractivity (Wildman–Crippen MR) is 83.5 cm³/mol. The molecule has 0 atom stereocenters. The van der Waals surface area contributed by atoms with Gasteiger partial charge in [0, 0.05) is 37.6 Å². The summed E-state index contributed by atoms with van der Waals surface area (Å²) in [5.41, 5.74) is 7.56. The van der Waals surface area contributed by atoms with Crippen molar-refractivity contribution in [3.63, 3.8) is 0 Å². The van der Waals surface area contributed by atoms with Gasteiger partial charge in [0.2, 0.25) is 0 Å². The Bertz CT molecular complexity index is 608. The Hall–Kier alpha value is -1.11. The summed E-state index contributed by atoms with van der Waals surface area (Å²) in [5, 5.41) is 2.13. The number of aromatic nitrogens is 1. The minimum absolute atomic E-state index is 0.0131. The van der Waals surface area contributed by atoms with Crippen LogP contribution in [0.15, 0.2) is 38.4 Å². The van der Waals surface area contributed by atoms with Crippen molar-refractivity contribution >= 4 is 33.0 Å². The zero-order valence-electron chi connectivity index (χ0n) is 10.7. The van der Waals surface area contributed by atoms with E-state index in [0.717, 1.165) is 16.9 Å². The normalized spacial score (nSPS) is 11.1. The van der Waals surface area contributed by atoms with Gasteiger partial charge in [-0.2, -0.15) is 0 Å². The van der Waals surface area contributed by atoms with Gasteiger partial charge < -0.3 is 15.2 Å². The Morgan fingerprint density at radius 1 is 1.47 bits per heavy atom. The van der Waals surface area contributed by atoms with E-state index in [9.17, 15) is 4.79 Å². The number of nitrogens with zero attached hydrogens (tertiary/aromatic N) is 2. The average molecular weight is 342 g/mol. The fourth-order valence-electron chi connectivity index (χ4n) is 1.82. The molecule has 6 heteroatoms. The molecular formula is C13H16BrN3OS. The summed E-state index contributed by atoms with van der Waals surface area (Å²) in [7, 11) is 2.04. The van der Waals surface area contributed by atoms with Gasteiger partial charge in [-0.25, -0.2) is 0 Å². The molecule has 0 saturated heterocycles. The molecule has 19 heavy (non-hydrogen) atoms. The highest BCUT2D eigenvalue weighted by molar-refractivity contribution is 9.11. The number of hydrogen-bond acceptors (Lipinski definition) is 4. The number of pyridine rings is 1. The molecule has 0 aliphatic rings. The van der Waals surface area contributed by atoms with Crippen molar-refractivity contribution in [2.24, 2.45) is 0 Å². The fraction of sp³-hybridized carbons (Fsp3) is 0.308. The first-order chi connectivity index (χ1) is 9.04. The number of rotatable bonds is 5. The standard InChI is InChI=1S/C13H16BrN3OS/c1-16(7-10-6-12(14)19-9-10)4-5-17-8-11(15)2-3-13(17)18/h2-3,6,8-9H,4-5,7,15H2,1H3. The second-order valence-corrected chi connectivity index (χ2v) is 6.78. The molecule has 0 fully saturated rings. The van der Waals surface area contributed by atoms with Gasteiger partial charge in [0.25, 0.3) is 5.56 Å². The lowest BCUT2D eigenvalue weighted by Gasteiger charge is -2.16. The summed E-state index contributed by atoms with van der Waals surface area (Å²) >= 11 is 5.14. The van der Waals surface area contributed by atoms with E-state index in [1.54, 1.807) is 28.2 Å². The van der Waals surface area contributed by atoms with E-state index in [0.29, 0.717) is 12.2 Å². The molecule has 0 radical (unpaired) electrons. The Kier molecular flexibility index (Phi) is 4.79. The van der Waals surface area contributed by atoms with Gasteiger partial charge in [0.05, 0.1) is 3.79 Å². The largest absolute Gasteiger partial charge is 0.398 e. The maximum atomic E-state index is 11.6. The molecule has 0 bridgehead atoms. The highest BCUT2D eigenvalue weighted by atomic mass is 79.9. The quantitative estimate of drug-likeness (QED) is 0.908. The third-order valence-electron chi connectivity index (χ3n) is 2.80. The van der Waals surface area contributed by atoms with Crippen LogP contribution in [0.4, 0.5) is 5.69 Å². The molecule has 0 aliphatic carbocycles. The summed E-state index contributed by atoms with van der Waals surface area (Å²) in [6.45, 7) is 2.32.